The van der Waals surface area contributed by atoms with Crippen molar-refractivity contribution in [1.82, 2.24) is 10.3 Å². The molecule has 0 aliphatic rings. The zero-order chi connectivity index (χ0) is 15.7. The Morgan fingerprint density at radius 2 is 2.14 bits per heavy atom. The van der Waals surface area contributed by atoms with Crippen molar-refractivity contribution in [3.8, 4) is 5.88 Å². The highest BCUT2D eigenvalue weighted by Gasteiger charge is 2.14. The molecule has 1 rings (SSSR count). The fourth-order valence-electron chi connectivity index (χ4n) is 1.46. The maximum atomic E-state index is 12.0. The van der Waals surface area contributed by atoms with Gasteiger partial charge in [0.1, 0.15) is 12.2 Å². The minimum atomic E-state index is -3.10. The first-order valence-electron chi connectivity index (χ1n) is 6.55. The summed E-state index contributed by atoms with van der Waals surface area (Å²) in [6, 6.07) is 3.18. The maximum Gasteiger partial charge on any atom is 0.256 e. The lowest BCUT2D eigenvalue weighted by Gasteiger charge is -2.10. The van der Waals surface area contributed by atoms with Gasteiger partial charge >= 0.3 is 0 Å². The van der Waals surface area contributed by atoms with Crippen molar-refractivity contribution in [3.05, 3.63) is 23.9 Å². The number of sulfone groups is 1. The molecule has 1 aromatic rings. The van der Waals surface area contributed by atoms with Crippen molar-refractivity contribution in [2.45, 2.75) is 6.92 Å². The van der Waals surface area contributed by atoms with Crippen molar-refractivity contribution in [1.29, 1.82) is 0 Å². The van der Waals surface area contributed by atoms with E-state index < -0.39 is 15.7 Å². The van der Waals surface area contributed by atoms with Gasteiger partial charge in [-0.15, -0.1) is 0 Å². The standard InChI is InChI=1S/C13H20N2O5S/c1-3-21(17,18)10-7-14-12(16)11-5-4-6-15-13(11)20-9-8-19-2/h4-6H,3,7-10H2,1-2H3,(H,14,16). The summed E-state index contributed by atoms with van der Waals surface area (Å²) < 4.78 is 32.9. The van der Waals surface area contributed by atoms with Gasteiger partial charge in [-0.05, 0) is 12.1 Å². The first-order chi connectivity index (χ1) is 10.00. The van der Waals surface area contributed by atoms with Gasteiger partial charge in [0.15, 0.2) is 9.84 Å². The number of ether oxygens (including phenoxy) is 2. The van der Waals surface area contributed by atoms with Crippen LogP contribution in [0.15, 0.2) is 18.3 Å². The number of hydrogen-bond acceptors (Lipinski definition) is 6. The first-order valence-corrected chi connectivity index (χ1v) is 8.37. The number of carbonyl (C=O) groups is 1. The minimum absolute atomic E-state index is 0.0567. The maximum absolute atomic E-state index is 12.0. The van der Waals surface area contributed by atoms with Crippen LogP contribution in [0.3, 0.4) is 0 Å². The zero-order valence-electron chi connectivity index (χ0n) is 12.2. The van der Waals surface area contributed by atoms with E-state index in [-0.39, 0.29) is 36.1 Å². The van der Waals surface area contributed by atoms with Gasteiger partial charge in [0.05, 0.1) is 12.4 Å². The molecule has 1 aromatic heterocycles. The molecule has 0 aliphatic carbocycles. The Kier molecular flexibility index (Phi) is 7.10. The van der Waals surface area contributed by atoms with Gasteiger partial charge in [-0.1, -0.05) is 6.92 Å². The van der Waals surface area contributed by atoms with Crippen molar-refractivity contribution >= 4 is 15.7 Å². The molecule has 1 heterocycles. The number of methoxy groups -OCH3 is 1. The molecule has 1 amide bonds. The molecule has 8 heteroatoms. The van der Waals surface area contributed by atoms with Crippen LogP contribution in [0.2, 0.25) is 0 Å². The summed E-state index contributed by atoms with van der Waals surface area (Å²) in [6.45, 7) is 2.28. The van der Waals surface area contributed by atoms with E-state index in [9.17, 15) is 13.2 Å². The van der Waals surface area contributed by atoms with Gasteiger partial charge < -0.3 is 14.8 Å². The third kappa shape index (κ3) is 6.09. The van der Waals surface area contributed by atoms with Gasteiger partial charge in [-0.3, -0.25) is 4.79 Å². The molecule has 0 saturated carbocycles. The summed E-state index contributed by atoms with van der Waals surface area (Å²) in [5.74, 6) is -0.247. The lowest BCUT2D eigenvalue weighted by molar-refractivity contribution is 0.0946. The predicted molar refractivity (Wildman–Crippen MR) is 78.3 cm³/mol. The molecule has 7 nitrogen and oxygen atoms in total. The van der Waals surface area contributed by atoms with Crippen molar-refractivity contribution in [3.63, 3.8) is 0 Å². The fourth-order valence-corrected chi connectivity index (χ4v) is 2.16. The van der Waals surface area contributed by atoms with Crippen LogP contribution in [0.25, 0.3) is 0 Å². The number of rotatable bonds is 9. The summed E-state index contributed by atoms with van der Waals surface area (Å²) >= 11 is 0. The van der Waals surface area contributed by atoms with Crippen LogP contribution >= 0.6 is 0 Å². The van der Waals surface area contributed by atoms with Crippen LogP contribution in [-0.4, -0.2) is 57.7 Å². The molecule has 0 fully saturated rings. The molecule has 0 spiro atoms. The summed E-state index contributed by atoms with van der Waals surface area (Å²) in [5, 5.41) is 2.55. The van der Waals surface area contributed by atoms with E-state index in [4.69, 9.17) is 9.47 Å². The van der Waals surface area contributed by atoms with Crippen LogP contribution in [-0.2, 0) is 14.6 Å². The Hall–Kier alpha value is -1.67. The number of carbonyl (C=O) groups excluding carboxylic acids is 1. The van der Waals surface area contributed by atoms with Crippen molar-refractivity contribution < 1.29 is 22.7 Å². The Morgan fingerprint density at radius 1 is 1.38 bits per heavy atom. The van der Waals surface area contributed by atoms with Crippen LogP contribution in [0.1, 0.15) is 17.3 Å². The van der Waals surface area contributed by atoms with Crippen molar-refractivity contribution in [2.75, 3.05) is 38.4 Å². The average Bonchev–Trinajstić information content (AvgIpc) is 2.48. The van der Waals surface area contributed by atoms with Gasteiger partial charge in [0.2, 0.25) is 5.88 Å². The van der Waals surface area contributed by atoms with E-state index >= 15 is 0 Å². The highest BCUT2D eigenvalue weighted by molar-refractivity contribution is 7.91. The Labute approximate surface area is 124 Å². The summed E-state index contributed by atoms with van der Waals surface area (Å²) in [5.41, 5.74) is 0.266. The monoisotopic (exact) mass is 316 g/mol. The minimum Gasteiger partial charge on any atom is -0.475 e. The summed E-state index contributed by atoms with van der Waals surface area (Å²) in [4.78, 5) is 16.0. The molecular weight excluding hydrogens is 296 g/mol. The zero-order valence-corrected chi connectivity index (χ0v) is 13.0. The molecule has 0 bridgehead atoms. The number of hydrogen-bond donors (Lipinski definition) is 1. The van der Waals surface area contributed by atoms with Gasteiger partial charge in [0.25, 0.3) is 5.91 Å². The lowest BCUT2D eigenvalue weighted by Crippen LogP contribution is -2.30. The highest BCUT2D eigenvalue weighted by Crippen LogP contribution is 2.13. The average molecular weight is 316 g/mol. The SMILES string of the molecule is CCS(=O)(=O)CCNC(=O)c1cccnc1OCCOC. The number of aromatic nitrogens is 1. The molecule has 1 N–H and O–H groups in total. The third-order valence-corrected chi connectivity index (χ3v) is 4.39. The second-order valence-electron chi connectivity index (χ2n) is 4.19. The van der Waals surface area contributed by atoms with E-state index in [1.165, 1.54) is 6.20 Å². The normalized spacial score (nSPS) is 11.1. The second kappa shape index (κ2) is 8.58. The number of amides is 1. The molecule has 0 aromatic carbocycles. The molecule has 0 aliphatic heterocycles. The quantitative estimate of drug-likeness (QED) is 0.657. The largest absolute Gasteiger partial charge is 0.475 e. The van der Waals surface area contributed by atoms with E-state index in [1.54, 1.807) is 26.2 Å². The van der Waals surface area contributed by atoms with E-state index in [1.807, 2.05) is 0 Å². The number of pyridine rings is 1. The Bertz CT molecular complexity index is 559. The van der Waals surface area contributed by atoms with Crippen LogP contribution in [0, 0.1) is 0 Å². The Balaban J connectivity index is 2.61. The second-order valence-corrected chi connectivity index (χ2v) is 6.66. The fraction of sp³-hybridized carbons (Fsp3) is 0.538. The van der Waals surface area contributed by atoms with Gasteiger partial charge in [-0.25, -0.2) is 13.4 Å². The molecule has 0 unspecified atom stereocenters. The van der Waals surface area contributed by atoms with Crippen LogP contribution in [0.4, 0.5) is 0 Å². The third-order valence-electron chi connectivity index (χ3n) is 2.68. The van der Waals surface area contributed by atoms with E-state index in [2.05, 4.69) is 10.3 Å². The predicted octanol–water partition coefficient (Wildman–Crippen LogP) is 0.271. The molecule has 118 valence electrons. The molecule has 21 heavy (non-hydrogen) atoms. The lowest BCUT2D eigenvalue weighted by atomic mass is 10.2. The summed E-state index contributed by atoms with van der Waals surface area (Å²) in [6.07, 6.45) is 1.51. The molecule has 0 radical (unpaired) electrons. The van der Waals surface area contributed by atoms with Crippen LogP contribution in [0.5, 0.6) is 5.88 Å². The van der Waals surface area contributed by atoms with Crippen LogP contribution < -0.4 is 10.1 Å². The molecular formula is C13H20N2O5S. The van der Waals surface area contributed by atoms with Crippen molar-refractivity contribution in [2.24, 2.45) is 0 Å². The number of nitrogens with one attached hydrogen (secondary N) is 1. The number of nitrogens with zero attached hydrogens (tertiary/aromatic N) is 1. The van der Waals surface area contributed by atoms with E-state index in [0.29, 0.717) is 6.61 Å². The van der Waals surface area contributed by atoms with Gasteiger partial charge in [-0.2, -0.15) is 0 Å². The molecule has 0 atom stereocenters. The Morgan fingerprint density at radius 3 is 2.81 bits per heavy atom. The smallest absolute Gasteiger partial charge is 0.256 e. The summed E-state index contributed by atoms with van der Waals surface area (Å²) in [7, 11) is -1.56. The topological polar surface area (TPSA) is 94.6 Å². The highest BCUT2D eigenvalue weighted by atomic mass is 32.2. The van der Waals surface area contributed by atoms with Gasteiger partial charge in [0, 0.05) is 25.6 Å². The molecule has 0 saturated heterocycles. The van der Waals surface area contributed by atoms with E-state index in [0.717, 1.165) is 0 Å². The first kappa shape index (κ1) is 17.4.